The minimum absolute atomic E-state index is 0.0919. The Morgan fingerprint density at radius 1 is 1.11 bits per heavy atom. The SMILES string of the molecule is Nc1ncnc2c1ncn2[C@@H]1O[C@H](COP(=O)(O)O[C@@H]2[C@H](O)[C@@H](CO)O[C@H]2C2N=Cc3c2nc[nH]c3=O)[C@@H](O)[C@H]1O.O=PO. The number of aromatic amines is 1. The highest BCUT2D eigenvalue weighted by molar-refractivity contribution is 7.47. The van der Waals surface area contributed by atoms with Crippen molar-refractivity contribution in [3.63, 3.8) is 0 Å². The molecule has 21 nitrogen and oxygen atoms in total. The average Bonchev–Trinajstić information content (AvgIpc) is 3.75. The summed E-state index contributed by atoms with van der Waals surface area (Å²) >= 11 is 0. The number of rotatable bonds is 8. The Kier molecular flexibility index (Phi) is 9.56. The Morgan fingerprint density at radius 2 is 1.86 bits per heavy atom. The van der Waals surface area contributed by atoms with E-state index in [9.17, 15) is 34.7 Å². The molecule has 6 heterocycles. The van der Waals surface area contributed by atoms with Crippen LogP contribution in [0.2, 0.25) is 0 Å². The summed E-state index contributed by atoms with van der Waals surface area (Å²) in [6.45, 7) is -1.37. The number of anilines is 1. The lowest BCUT2D eigenvalue weighted by atomic mass is 10.00. The Morgan fingerprint density at radius 3 is 2.59 bits per heavy atom. The second kappa shape index (κ2) is 13.1. The molecule has 44 heavy (non-hydrogen) atoms. The van der Waals surface area contributed by atoms with Crippen LogP contribution < -0.4 is 11.3 Å². The number of nitrogens with zero attached hydrogens (tertiary/aromatic N) is 6. The van der Waals surface area contributed by atoms with Crippen molar-refractivity contribution in [3.8, 4) is 0 Å². The molecule has 9 N–H and O–H groups in total. The molecule has 3 aliphatic rings. The van der Waals surface area contributed by atoms with Crippen LogP contribution in [-0.2, 0) is 27.7 Å². The maximum absolute atomic E-state index is 13.0. The fourth-order valence-corrected chi connectivity index (χ4v) is 6.00. The molecule has 0 saturated carbocycles. The summed E-state index contributed by atoms with van der Waals surface area (Å²) in [7, 11) is -5.84. The molecule has 3 aromatic rings. The number of hydrogen-bond acceptors (Lipinski definition) is 17. The first-order chi connectivity index (χ1) is 21.0. The van der Waals surface area contributed by atoms with E-state index in [2.05, 4.69) is 29.9 Å². The third-order valence-corrected chi connectivity index (χ3v) is 8.07. The van der Waals surface area contributed by atoms with Crippen LogP contribution in [0.1, 0.15) is 23.5 Å². The van der Waals surface area contributed by atoms with Crippen LogP contribution in [0.3, 0.4) is 0 Å². The lowest BCUT2D eigenvalue weighted by Crippen LogP contribution is -2.38. The van der Waals surface area contributed by atoms with Crippen LogP contribution in [0.5, 0.6) is 0 Å². The van der Waals surface area contributed by atoms with Gasteiger partial charge in [0.05, 0.1) is 37.1 Å². The summed E-state index contributed by atoms with van der Waals surface area (Å²) < 4.78 is 44.4. The second-order valence-electron chi connectivity index (χ2n) is 9.61. The molecule has 0 aliphatic carbocycles. The first-order valence-corrected chi connectivity index (χ1v) is 14.9. The zero-order chi connectivity index (χ0) is 31.8. The number of fused-ring (bicyclic) bond motifs is 2. The van der Waals surface area contributed by atoms with Gasteiger partial charge in [0.25, 0.3) is 5.56 Å². The Balaban J connectivity index is 0.00000123. The van der Waals surface area contributed by atoms with Gasteiger partial charge in [-0.1, -0.05) is 0 Å². The third kappa shape index (κ3) is 6.05. The third-order valence-electron chi connectivity index (χ3n) is 7.08. The van der Waals surface area contributed by atoms with Crippen molar-refractivity contribution in [1.82, 2.24) is 29.5 Å². The van der Waals surface area contributed by atoms with E-state index in [1.54, 1.807) is 0 Å². The monoisotopic (exact) mass is 660 g/mol. The lowest BCUT2D eigenvalue weighted by molar-refractivity contribution is -0.0562. The number of hydrogen-bond donors (Lipinski definition) is 8. The van der Waals surface area contributed by atoms with E-state index < -0.39 is 90.3 Å². The van der Waals surface area contributed by atoms with Gasteiger partial charge < -0.3 is 50.4 Å². The molecule has 0 aromatic carbocycles. The number of ether oxygens (including phenoxy) is 2. The fourth-order valence-electron chi connectivity index (χ4n) is 5.05. The van der Waals surface area contributed by atoms with Crippen LogP contribution >= 0.6 is 16.5 Å². The predicted molar refractivity (Wildman–Crippen MR) is 143 cm³/mol. The van der Waals surface area contributed by atoms with Crippen molar-refractivity contribution in [2.75, 3.05) is 18.9 Å². The maximum Gasteiger partial charge on any atom is 0.472 e. The van der Waals surface area contributed by atoms with Crippen molar-refractivity contribution in [2.45, 2.75) is 55.0 Å². The summed E-state index contributed by atoms with van der Waals surface area (Å²) in [5, 5.41) is 41.5. The molecule has 3 aromatic heterocycles. The summed E-state index contributed by atoms with van der Waals surface area (Å²) in [6.07, 6.45) is -6.27. The summed E-state index contributed by atoms with van der Waals surface area (Å²) in [5.74, 6) is 0.0919. The van der Waals surface area contributed by atoms with Crippen LogP contribution in [0.25, 0.3) is 11.2 Å². The molecule has 0 amide bonds. The Bertz CT molecular complexity index is 1640. The molecule has 238 valence electrons. The maximum atomic E-state index is 13.0. The molecule has 3 aliphatic heterocycles. The largest absolute Gasteiger partial charge is 0.472 e. The van der Waals surface area contributed by atoms with Gasteiger partial charge in [0.15, 0.2) is 17.7 Å². The molecule has 2 saturated heterocycles. The van der Waals surface area contributed by atoms with Gasteiger partial charge in [0.2, 0.25) is 0 Å². The standard InChI is InChI=1S/C21H25N8O11P.HO2P/c22-18-12-19(26-5-25-18)29(6-28-12)21-15(33)13(31)9(39-21)3-37-41(35,36)40-17-14(32)8(2-30)38-16(17)11-10-7(1-23-11)20(34)27-4-24-10;1-3-2/h1,4-6,8-9,11,13-17,21,30-33H,2-3H2,(H,35,36)(H2,22,25,26)(H,24,27,34);(H,1,2)/t8-,9-,11?,13-,14-,15-,16+,17-,21-;/m1./s1. The van der Waals surface area contributed by atoms with E-state index in [0.29, 0.717) is 0 Å². The molecular formula is C21H26N8O13P2. The van der Waals surface area contributed by atoms with Gasteiger partial charge in [0, 0.05) is 6.21 Å². The van der Waals surface area contributed by atoms with Crippen molar-refractivity contribution in [2.24, 2.45) is 4.99 Å². The average molecular weight is 660 g/mol. The number of imidazole rings is 1. The van der Waals surface area contributed by atoms with Crippen molar-refractivity contribution in [1.29, 1.82) is 0 Å². The number of phosphoric ester groups is 1. The zero-order valence-corrected chi connectivity index (χ0v) is 23.9. The van der Waals surface area contributed by atoms with Crippen LogP contribution in [0.4, 0.5) is 5.82 Å². The highest BCUT2D eigenvalue weighted by atomic mass is 31.2. The summed E-state index contributed by atoms with van der Waals surface area (Å²) in [6, 6.07) is -0.998. The first kappa shape index (κ1) is 32.2. The van der Waals surface area contributed by atoms with E-state index in [0.717, 1.165) is 6.33 Å². The van der Waals surface area contributed by atoms with Crippen molar-refractivity contribution >= 4 is 39.7 Å². The molecule has 2 fully saturated rings. The topological polar surface area (TPSA) is 320 Å². The highest BCUT2D eigenvalue weighted by Gasteiger charge is 2.53. The Hall–Kier alpha value is -3.17. The number of phosphoric acid groups is 1. The molecule has 23 heteroatoms. The molecule has 0 radical (unpaired) electrons. The number of aromatic nitrogens is 6. The van der Waals surface area contributed by atoms with Crippen LogP contribution in [-0.4, -0.2) is 122 Å². The number of aliphatic imine (C=N–C) groups is 1. The van der Waals surface area contributed by atoms with E-state index in [-0.39, 0.29) is 28.2 Å². The Labute approximate surface area is 246 Å². The number of nitrogens with two attached hydrogens (primary N) is 1. The molecular weight excluding hydrogens is 634 g/mol. The number of aliphatic hydroxyl groups excluding tert-OH is 4. The predicted octanol–water partition coefficient (Wildman–Crippen LogP) is -2.91. The number of H-pyrrole nitrogens is 1. The second-order valence-corrected chi connectivity index (χ2v) is 11.2. The molecule has 0 bridgehead atoms. The van der Waals surface area contributed by atoms with Gasteiger partial charge in [-0.2, -0.15) is 0 Å². The molecule has 10 atom stereocenters. The van der Waals surface area contributed by atoms with Crippen molar-refractivity contribution < 1.29 is 57.9 Å². The molecule has 6 rings (SSSR count). The number of nitrogens with one attached hydrogen (secondary N) is 1. The number of aliphatic hydroxyl groups is 4. The van der Waals surface area contributed by atoms with Crippen LogP contribution in [0, 0.1) is 0 Å². The van der Waals surface area contributed by atoms with Crippen molar-refractivity contribution in [3.05, 3.63) is 40.6 Å². The minimum atomic E-state index is -5.00. The van der Waals surface area contributed by atoms with E-state index in [1.807, 2.05) is 0 Å². The molecule has 2 unspecified atom stereocenters. The smallest absolute Gasteiger partial charge is 0.394 e. The molecule has 0 spiro atoms. The quantitative estimate of drug-likeness (QED) is 0.112. The summed E-state index contributed by atoms with van der Waals surface area (Å²) in [5.41, 5.74) is 6.11. The van der Waals surface area contributed by atoms with E-state index in [4.69, 9.17) is 33.7 Å². The normalized spacial score (nSPS) is 32.5. The minimum Gasteiger partial charge on any atom is -0.394 e. The number of nitrogen functional groups attached to an aromatic ring is 1. The van der Waals surface area contributed by atoms with Gasteiger partial charge in [-0.05, 0) is 0 Å². The lowest BCUT2D eigenvalue weighted by Gasteiger charge is -2.26. The zero-order valence-electron chi connectivity index (χ0n) is 22.1. The highest BCUT2D eigenvalue weighted by Crippen LogP contribution is 2.50. The fraction of sp³-hybridized carbons (Fsp3) is 0.524. The van der Waals surface area contributed by atoms with Gasteiger partial charge >= 0.3 is 16.5 Å². The van der Waals surface area contributed by atoms with Gasteiger partial charge in [-0.15, -0.1) is 0 Å². The van der Waals surface area contributed by atoms with Crippen LogP contribution in [0.15, 0.2) is 28.8 Å². The van der Waals surface area contributed by atoms with E-state index in [1.165, 1.54) is 23.4 Å². The summed E-state index contributed by atoms with van der Waals surface area (Å²) in [4.78, 5) is 52.3. The van der Waals surface area contributed by atoms with E-state index >= 15 is 0 Å². The first-order valence-electron chi connectivity index (χ1n) is 12.6. The van der Waals surface area contributed by atoms with Gasteiger partial charge in [0.1, 0.15) is 60.6 Å². The van der Waals surface area contributed by atoms with Gasteiger partial charge in [-0.3, -0.25) is 23.4 Å². The van der Waals surface area contributed by atoms with Gasteiger partial charge in [-0.25, -0.2) is 29.1 Å².